The van der Waals surface area contributed by atoms with Gasteiger partial charge in [-0.25, -0.2) is 19.9 Å². The average molecular weight is 364 g/mol. The van der Waals surface area contributed by atoms with E-state index in [-0.39, 0.29) is 0 Å². The first-order chi connectivity index (χ1) is 8.75. The Hall–Kier alpha value is -1.40. The summed E-state index contributed by atoms with van der Waals surface area (Å²) in [6.07, 6.45) is 3.14. The molecule has 0 spiro atoms. The molecule has 0 saturated carbocycles. The first kappa shape index (κ1) is 10.5. The van der Waals surface area contributed by atoms with Gasteiger partial charge in [0, 0.05) is 19.7 Å². The summed E-state index contributed by atoms with van der Waals surface area (Å²) in [5.74, 6) is 0. The van der Waals surface area contributed by atoms with Gasteiger partial charge >= 0.3 is 0 Å². The minimum Gasteiger partial charge on any atom is -0.236 e. The first-order valence-electron chi connectivity index (χ1n) is 5.21. The maximum atomic E-state index is 4.33. The zero-order chi connectivity index (χ0) is 12.3. The topological polar surface area (TPSA) is 51.6 Å². The number of aromatic nitrogens is 4. The average Bonchev–Trinajstić information content (AvgIpc) is 2.38. The number of halogens is 2. The van der Waals surface area contributed by atoms with Gasteiger partial charge in [-0.15, -0.1) is 0 Å². The van der Waals surface area contributed by atoms with Crippen LogP contribution in [0, 0.1) is 0 Å². The van der Waals surface area contributed by atoms with Crippen LogP contribution in [0.5, 0.6) is 0 Å². The smallest absolute Gasteiger partial charge is 0.116 e. The zero-order valence-corrected chi connectivity index (χ0v) is 12.0. The van der Waals surface area contributed by atoms with Crippen molar-refractivity contribution in [3.8, 4) is 0 Å². The van der Waals surface area contributed by atoms with Crippen LogP contribution in [0.1, 0.15) is 0 Å². The van der Waals surface area contributed by atoms with E-state index < -0.39 is 0 Å². The Morgan fingerprint density at radius 3 is 1.56 bits per heavy atom. The summed E-state index contributed by atoms with van der Waals surface area (Å²) in [5, 5.41) is 2.00. The van der Waals surface area contributed by atoms with Crippen molar-refractivity contribution in [2.75, 3.05) is 0 Å². The van der Waals surface area contributed by atoms with Gasteiger partial charge in [0.1, 0.15) is 12.7 Å². The molecule has 6 heteroatoms. The molecule has 4 aromatic rings. The van der Waals surface area contributed by atoms with Crippen molar-refractivity contribution in [2.45, 2.75) is 0 Å². The molecule has 4 nitrogen and oxygen atoms in total. The van der Waals surface area contributed by atoms with E-state index in [4.69, 9.17) is 0 Å². The standard InChI is InChI=1S/C12H4Br2N4/c13-5-1-7-9-10-8(16-4-17-11(5)10)2-6(14)12(9)18-3-15-7/h1-4H. The second kappa shape index (κ2) is 3.55. The quantitative estimate of drug-likeness (QED) is 0.447. The maximum Gasteiger partial charge on any atom is 0.116 e. The Labute approximate surface area is 118 Å². The fraction of sp³-hybridized carbons (Fsp3) is 0. The van der Waals surface area contributed by atoms with Gasteiger partial charge in [0.05, 0.1) is 22.1 Å². The molecule has 0 aliphatic carbocycles. The molecular formula is C12H4Br2N4. The summed E-state index contributed by atoms with van der Waals surface area (Å²) in [4.78, 5) is 17.3. The van der Waals surface area contributed by atoms with Crippen molar-refractivity contribution in [1.82, 2.24) is 19.9 Å². The third-order valence-corrected chi connectivity index (χ3v) is 4.19. The molecule has 2 aromatic heterocycles. The van der Waals surface area contributed by atoms with E-state index in [1.54, 1.807) is 12.7 Å². The van der Waals surface area contributed by atoms with E-state index in [0.717, 1.165) is 41.8 Å². The molecule has 4 rings (SSSR count). The normalized spacial score (nSPS) is 11.9. The fourth-order valence-corrected chi connectivity index (χ4v) is 3.28. The van der Waals surface area contributed by atoms with Crippen molar-refractivity contribution < 1.29 is 0 Å². The molecule has 0 amide bonds. The number of hydrogen-bond donors (Lipinski definition) is 0. The Kier molecular flexibility index (Phi) is 2.07. The minimum atomic E-state index is 0.889. The molecule has 18 heavy (non-hydrogen) atoms. The van der Waals surface area contributed by atoms with Gasteiger partial charge in [0.2, 0.25) is 0 Å². The second-order valence-corrected chi connectivity index (χ2v) is 5.66. The van der Waals surface area contributed by atoms with Crippen LogP contribution < -0.4 is 0 Å². The van der Waals surface area contributed by atoms with Gasteiger partial charge in [-0.2, -0.15) is 0 Å². The van der Waals surface area contributed by atoms with Crippen LogP contribution in [0.3, 0.4) is 0 Å². The van der Waals surface area contributed by atoms with Crippen LogP contribution in [0.25, 0.3) is 32.8 Å². The predicted molar refractivity (Wildman–Crippen MR) is 76.7 cm³/mol. The monoisotopic (exact) mass is 362 g/mol. The molecule has 0 fully saturated rings. The number of rotatable bonds is 0. The van der Waals surface area contributed by atoms with E-state index in [1.165, 1.54) is 0 Å². The van der Waals surface area contributed by atoms with Crippen molar-refractivity contribution >= 4 is 64.7 Å². The Bertz CT molecular complexity index is 831. The number of hydrogen-bond acceptors (Lipinski definition) is 4. The second-order valence-electron chi connectivity index (χ2n) is 3.95. The highest BCUT2D eigenvalue weighted by Crippen LogP contribution is 2.37. The molecule has 0 N–H and O–H groups in total. The van der Waals surface area contributed by atoms with Gasteiger partial charge in [0.25, 0.3) is 0 Å². The van der Waals surface area contributed by atoms with Crippen molar-refractivity contribution in [3.05, 3.63) is 33.7 Å². The molecule has 0 atom stereocenters. The van der Waals surface area contributed by atoms with E-state index in [2.05, 4.69) is 51.8 Å². The van der Waals surface area contributed by atoms with Crippen molar-refractivity contribution in [1.29, 1.82) is 0 Å². The van der Waals surface area contributed by atoms with E-state index in [0.29, 0.717) is 0 Å². The van der Waals surface area contributed by atoms with Crippen LogP contribution in [-0.2, 0) is 0 Å². The van der Waals surface area contributed by atoms with Gasteiger partial charge in [0.15, 0.2) is 0 Å². The van der Waals surface area contributed by atoms with Crippen molar-refractivity contribution in [3.63, 3.8) is 0 Å². The third kappa shape index (κ3) is 1.24. The van der Waals surface area contributed by atoms with Gasteiger partial charge < -0.3 is 0 Å². The van der Waals surface area contributed by atoms with Crippen LogP contribution in [0.4, 0.5) is 0 Å². The van der Waals surface area contributed by atoms with Gasteiger partial charge in [-0.1, -0.05) is 0 Å². The lowest BCUT2D eigenvalue weighted by atomic mass is 10.1. The Morgan fingerprint density at radius 1 is 0.667 bits per heavy atom. The molecule has 0 aliphatic heterocycles. The molecule has 0 bridgehead atoms. The lowest BCUT2D eigenvalue weighted by Gasteiger charge is -2.10. The molecule has 86 valence electrons. The predicted octanol–water partition coefficient (Wildman–Crippen LogP) is 3.69. The zero-order valence-electron chi connectivity index (χ0n) is 8.85. The summed E-state index contributed by atoms with van der Waals surface area (Å²) in [5.41, 5.74) is 3.56. The summed E-state index contributed by atoms with van der Waals surface area (Å²) in [7, 11) is 0. The molecule has 0 unspecified atom stereocenters. The molecule has 2 heterocycles. The van der Waals surface area contributed by atoms with E-state index >= 15 is 0 Å². The molecule has 0 saturated heterocycles. The van der Waals surface area contributed by atoms with Crippen LogP contribution in [-0.4, -0.2) is 19.9 Å². The molecule has 0 radical (unpaired) electrons. The third-order valence-electron chi connectivity index (χ3n) is 2.98. The van der Waals surface area contributed by atoms with E-state index in [9.17, 15) is 0 Å². The summed E-state index contributed by atoms with van der Waals surface area (Å²) < 4.78 is 1.84. The summed E-state index contributed by atoms with van der Waals surface area (Å²) in [6, 6.07) is 3.93. The summed E-state index contributed by atoms with van der Waals surface area (Å²) in [6.45, 7) is 0. The minimum absolute atomic E-state index is 0.889. The highest BCUT2D eigenvalue weighted by Gasteiger charge is 2.15. The SMILES string of the molecule is Brc1cc2ncnc3c(Br)cc4ncnc1c4c23. The number of benzene rings is 2. The van der Waals surface area contributed by atoms with Gasteiger partial charge in [-0.05, 0) is 44.0 Å². The molecular weight excluding hydrogens is 360 g/mol. The lowest BCUT2D eigenvalue weighted by Crippen LogP contribution is -1.93. The summed E-state index contributed by atoms with van der Waals surface area (Å²) >= 11 is 7.07. The fourth-order valence-electron chi connectivity index (χ4n) is 2.25. The largest absolute Gasteiger partial charge is 0.236 e. The van der Waals surface area contributed by atoms with E-state index in [1.807, 2.05) is 12.1 Å². The molecule has 0 aliphatic rings. The maximum absolute atomic E-state index is 4.33. The van der Waals surface area contributed by atoms with Gasteiger partial charge in [-0.3, -0.25) is 0 Å². The lowest BCUT2D eigenvalue weighted by molar-refractivity contribution is 1.23. The first-order valence-corrected chi connectivity index (χ1v) is 6.80. The highest BCUT2D eigenvalue weighted by atomic mass is 79.9. The van der Waals surface area contributed by atoms with Crippen LogP contribution >= 0.6 is 31.9 Å². The molecule has 2 aromatic carbocycles. The number of nitrogens with zero attached hydrogens (tertiary/aromatic N) is 4. The van der Waals surface area contributed by atoms with Crippen LogP contribution in [0.2, 0.25) is 0 Å². The van der Waals surface area contributed by atoms with Crippen molar-refractivity contribution in [2.24, 2.45) is 0 Å². The Balaban J connectivity index is 2.50. The highest BCUT2D eigenvalue weighted by molar-refractivity contribution is 9.11. The Morgan fingerprint density at radius 2 is 1.11 bits per heavy atom. The van der Waals surface area contributed by atoms with Crippen LogP contribution in [0.15, 0.2) is 33.7 Å².